The van der Waals surface area contributed by atoms with Crippen molar-refractivity contribution in [2.24, 2.45) is 0 Å². The van der Waals surface area contributed by atoms with E-state index in [-0.39, 0.29) is 30.9 Å². The van der Waals surface area contributed by atoms with E-state index < -0.39 is 10.0 Å². The van der Waals surface area contributed by atoms with Crippen molar-refractivity contribution in [3.63, 3.8) is 0 Å². The Balaban J connectivity index is 1.62. The van der Waals surface area contributed by atoms with Gasteiger partial charge in [-0.2, -0.15) is 0 Å². The second-order valence-corrected chi connectivity index (χ2v) is 10.7. The second kappa shape index (κ2) is 10.9. The van der Waals surface area contributed by atoms with Gasteiger partial charge >= 0.3 is 0 Å². The van der Waals surface area contributed by atoms with Crippen LogP contribution in [0.3, 0.4) is 0 Å². The van der Waals surface area contributed by atoms with E-state index in [1.54, 1.807) is 36.4 Å². The third kappa shape index (κ3) is 7.05. The predicted molar refractivity (Wildman–Crippen MR) is 137 cm³/mol. The van der Waals surface area contributed by atoms with Crippen LogP contribution in [0.1, 0.15) is 40.8 Å². The first-order valence-corrected chi connectivity index (χ1v) is 13.1. The lowest BCUT2D eigenvalue weighted by Crippen LogP contribution is -2.31. The summed E-state index contributed by atoms with van der Waals surface area (Å²) in [6.45, 7) is 7.97. The van der Waals surface area contributed by atoms with Gasteiger partial charge in [0.1, 0.15) is 11.6 Å². The molecule has 3 aromatic rings. The van der Waals surface area contributed by atoms with E-state index >= 15 is 0 Å². The molecular formula is C27H31FN2O4S. The lowest BCUT2D eigenvalue weighted by atomic mass is 9.96. The van der Waals surface area contributed by atoms with E-state index in [1.165, 1.54) is 27.6 Å². The highest BCUT2D eigenvalue weighted by molar-refractivity contribution is 7.92. The molecule has 0 aromatic heterocycles. The average molecular weight is 499 g/mol. The summed E-state index contributed by atoms with van der Waals surface area (Å²) < 4.78 is 44.7. The van der Waals surface area contributed by atoms with Gasteiger partial charge in [-0.25, -0.2) is 12.8 Å². The Kier molecular flexibility index (Phi) is 8.17. The summed E-state index contributed by atoms with van der Waals surface area (Å²) in [4.78, 5) is 12.4. The maximum atomic E-state index is 13.2. The Morgan fingerprint density at radius 3 is 2.17 bits per heavy atom. The maximum Gasteiger partial charge on any atom is 0.258 e. The number of halogens is 1. The lowest BCUT2D eigenvalue weighted by Gasteiger charge is -2.23. The van der Waals surface area contributed by atoms with Gasteiger partial charge in [-0.3, -0.25) is 9.10 Å². The number of aryl methyl sites for hydroxylation is 3. The average Bonchev–Trinajstić information content (AvgIpc) is 2.79. The number of hydrogen-bond donors (Lipinski definition) is 1. The Labute approximate surface area is 206 Å². The molecule has 3 aromatic carbocycles. The Bertz CT molecular complexity index is 1290. The van der Waals surface area contributed by atoms with E-state index in [0.717, 1.165) is 17.4 Å². The van der Waals surface area contributed by atoms with E-state index in [2.05, 4.69) is 24.4 Å². The van der Waals surface area contributed by atoms with Gasteiger partial charge in [0.05, 0.1) is 24.5 Å². The number of ether oxygens (including phenoxy) is 1. The molecule has 0 heterocycles. The molecule has 0 radical (unpaired) electrons. The number of benzene rings is 3. The third-order valence-electron chi connectivity index (χ3n) is 5.86. The summed E-state index contributed by atoms with van der Waals surface area (Å²) in [6.07, 6.45) is 1.11. The highest BCUT2D eigenvalue weighted by Gasteiger charge is 2.18. The summed E-state index contributed by atoms with van der Waals surface area (Å²) in [6, 6.07) is 16.2. The molecular weight excluding hydrogens is 467 g/mol. The van der Waals surface area contributed by atoms with E-state index in [9.17, 15) is 17.6 Å². The number of nitrogens with zero attached hydrogens (tertiary/aromatic N) is 1. The molecule has 6 nitrogen and oxygen atoms in total. The van der Waals surface area contributed by atoms with Crippen LogP contribution >= 0.6 is 0 Å². The fourth-order valence-electron chi connectivity index (χ4n) is 3.82. The number of anilines is 1. The maximum absolute atomic E-state index is 13.2. The molecule has 0 saturated carbocycles. The Morgan fingerprint density at radius 1 is 0.971 bits per heavy atom. The van der Waals surface area contributed by atoms with Gasteiger partial charge in [-0.15, -0.1) is 0 Å². The summed E-state index contributed by atoms with van der Waals surface area (Å²) in [7, 11) is -3.58. The van der Waals surface area contributed by atoms with Crippen molar-refractivity contribution in [2.45, 2.75) is 40.3 Å². The third-order valence-corrected chi connectivity index (χ3v) is 7.00. The van der Waals surface area contributed by atoms with Crippen LogP contribution in [-0.2, 0) is 21.4 Å². The van der Waals surface area contributed by atoms with Crippen LogP contribution in [-0.4, -0.2) is 27.2 Å². The second-order valence-electron chi connectivity index (χ2n) is 8.76. The minimum atomic E-state index is -3.58. The molecule has 8 heteroatoms. The molecule has 0 unspecified atom stereocenters. The van der Waals surface area contributed by atoms with Crippen LogP contribution in [0.15, 0.2) is 60.7 Å². The largest absolute Gasteiger partial charge is 0.484 e. The zero-order valence-corrected chi connectivity index (χ0v) is 21.4. The molecule has 1 atom stereocenters. The zero-order chi connectivity index (χ0) is 25.8. The van der Waals surface area contributed by atoms with Crippen molar-refractivity contribution in [2.75, 3.05) is 17.2 Å². The van der Waals surface area contributed by atoms with Crippen molar-refractivity contribution in [1.29, 1.82) is 0 Å². The number of carbonyl (C=O) groups is 1. The number of carbonyl (C=O) groups excluding carboxylic acids is 1. The molecule has 0 fully saturated rings. The molecule has 1 amide bonds. The minimum Gasteiger partial charge on any atom is -0.484 e. The van der Waals surface area contributed by atoms with E-state index in [4.69, 9.17) is 4.74 Å². The van der Waals surface area contributed by atoms with Gasteiger partial charge in [0.25, 0.3) is 5.91 Å². The first-order valence-electron chi connectivity index (χ1n) is 11.3. The van der Waals surface area contributed by atoms with Gasteiger partial charge < -0.3 is 10.1 Å². The predicted octanol–water partition coefficient (Wildman–Crippen LogP) is 4.97. The first-order chi connectivity index (χ1) is 16.4. The molecule has 35 heavy (non-hydrogen) atoms. The molecule has 186 valence electrons. The van der Waals surface area contributed by atoms with Crippen LogP contribution in [0.2, 0.25) is 0 Å². The highest BCUT2D eigenvalue weighted by Crippen LogP contribution is 2.24. The van der Waals surface area contributed by atoms with Crippen LogP contribution in [0.25, 0.3) is 0 Å². The van der Waals surface area contributed by atoms with Crippen LogP contribution in [0, 0.1) is 26.6 Å². The number of hydrogen-bond acceptors (Lipinski definition) is 4. The van der Waals surface area contributed by atoms with Gasteiger partial charge in [0.2, 0.25) is 10.0 Å². The fraction of sp³-hybridized carbons (Fsp3) is 0.296. The number of sulfonamides is 1. The molecule has 0 aliphatic carbocycles. The van der Waals surface area contributed by atoms with E-state index in [1.807, 2.05) is 20.8 Å². The molecule has 0 bridgehead atoms. The van der Waals surface area contributed by atoms with Crippen molar-refractivity contribution < 1.29 is 22.3 Å². The van der Waals surface area contributed by atoms with Gasteiger partial charge in [0.15, 0.2) is 6.61 Å². The van der Waals surface area contributed by atoms with Crippen molar-refractivity contribution >= 4 is 21.6 Å². The SMILES string of the molecule is Cc1cc(C)c([C@@H](C)NC(=O)COc2ccc(N(Cc3ccc(F)cc3)S(C)(=O)=O)cc2)cc1C. The topological polar surface area (TPSA) is 75.7 Å². The molecule has 0 aliphatic heterocycles. The Morgan fingerprint density at radius 2 is 1.57 bits per heavy atom. The van der Waals surface area contributed by atoms with Crippen LogP contribution in [0.5, 0.6) is 5.75 Å². The standard InChI is InChI=1S/C27H31FN2O4S/c1-18-14-20(3)26(15-19(18)2)21(4)29-27(31)17-34-25-12-10-24(11-13-25)30(35(5,32)33)16-22-6-8-23(28)9-7-22/h6-15,21H,16-17H2,1-5H3,(H,29,31)/t21-/m1/s1. The summed E-state index contributed by atoms with van der Waals surface area (Å²) in [5.41, 5.74) is 5.66. The van der Waals surface area contributed by atoms with Gasteiger partial charge in [0, 0.05) is 0 Å². The normalized spacial score (nSPS) is 12.2. The zero-order valence-electron chi connectivity index (χ0n) is 20.6. The monoisotopic (exact) mass is 498 g/mol. The number of amides is 1. The molecule has 0 aliphatic rings. The van der Waals surface area contributed by atoms with Crippen molar-refractivity contribution in [1.82, 2.24) is 5.32 Å². The molecule has 3 rings (SSSR count). The van der Waals surface area contributed by atoms with Gasteiger partial charge in [-0.05, 0) is 91.9 Å². The number of nitrogens with one attached hydrogen (secondary N) is 1. The quantitative estimate of drug-likeness (QED) is 0.452. The summed E-state index contributed by atoms with van der Waals surface area (Å²) in [5.74, 6) is -0.203. The molecule has 1 N–H and O–H groups in total. The molecule has 0 saturated heterocycles. The minimum absolute atomic E-state index is 0.0670. The summed E-state index contributed by atoms with van der Waals surface area (Å²) in [5, 5.41) is 2.96. The van der Waals surface area contributed by atoms with Crippen molar-refractivity contribution in [3.05, 3.63) is 94.3 Å². The van der Waals surface area contributed by atoms with Crippen LogP contribution in [0.4, 0.5) is 10.1 Å². The number of rotatable bonds is 9. The first kappa shape index (κ1) is 26.2. The van der Waals surface area contributed by atoms with Gasteiger partial charge in [-0.1, -0.05) is 24.3 Å². The van der Waals surface area contributed by atoms with Crippen molar-refractivity contribution in [3.8, 4) is 5.75 Å². The lowest BCUT2D eigenvalue weighted by molar-refractivity contribution is -0.123. The highest BCUT2D eigenvalue weighted by atomic mass is 32.2. The molecule has 0 spiro atoms. The fourth-order valence-corrected chi connectivity index (χ4v) is 4.71. The van der Waals surface area contributed by atoms with Crippen LogP contribution < -0.4 is 14.4 Å². The van der Waals surface area contributed by atoms with E-state index in [0.29, 0.717) is 17.0 Å². The smallest absolute Gasteiger partial charge is 0.258 e. The summed E-state index contributed by atoms with van der Waals surface area (Å²) >= 11 is 0. The Hall–Kier alpha value is -3.39.